The van der Waals surface area contributed by atoms with Gasteiger partial charge >= 0.3 is 6.09 Å². The van der Waals surface area contributed by atoms with E-state index in [4.69, 9.17) is 9.47 Å². The third-order valence-corrected chi connectivity index (χ3v) is 4.31. The molecule has 1 aliphatic rings. The average Bonchev–Trinajstić information content (AvgIpc) is 2.91. The van der Waals surface area contributed by atoms with Gasteiger partial charge in [0.05, 0.1) is 18.5 Å². The van der Waals surface area contributed by atoms with Crippen molar-refractivity contribution in [3.63, 3.8) is 0 Å². The molecule has 22 heavy (non-hydrogen) atoms. The lowest BCUT2D eigenvalue weighted by atomic mass is 10.2. The molecular formula is C16H24N2O3S. The van der Waals surface area contributed by atoms with Crippen molar-refractivity contribution in [2.45, 2.75) is 38.8 Å². The van der Waals surface area contributed by atoms with Crippen molar-refractivity contribution in [3.8, 4) is 5.75 Å². The van der Waals surface area contributed by atoms with Crippen molar-refractivity contribution in [2.75, 3.05) is 29.2 Å². The van der Waals surface area contributed by atoms with Gasteiger partial charge in [-0.3, -0.25) is 5.32 Å². The van der Waals surface area contributed by atoms with Crippen molar-refractivity contribution in [1.82, 2.24) is 0 Å². The number of nitrogens with one attached hydrogen (secondary N) is 2. The van der Waals surface area contributed by atoms with Crippen LogP contribution in [0, 0.1) is 0 Å². The molecular weight excluding hydrogens is 300 g/mol. The molecule has 5 nitrogen and oxygen atoms in total. The number of rotatable bonds is 4. The molecule has 2 rings (SSSR count). The van der Waals surface area contributed by atoms with E-state index in [2.05, 4.69) is 10.6 Å². The minimum absolute atomic E-state index is 0.413. The fourth-order valence-corrected chi connectivity index (χ4v) is 3.31. The smallest absolute Gasteiger partial charge is 0.412 e. The van der Waals surface area contributed by atoms with Gasteiger partial charge in [0.2, 0.25) is 0 Å². The molecule has 1 heterocycles. The maximum absolute atomic E-state index is 12.0. The number of benzene rings is 1. The summed E-state index contributed by atoms with van der Waals surface area (Å²) in [4.78, 5) is 12.0. The van der Waals surface area contributed by atoms with Crippen LogP contribution in [0.1, 0.15) is 27.2 Å². The Labute approximate surface area is 136 Å². The van der Waals surface area contributed by atoms with Gasteiger partial charge in [-0.25, -0.2) is 4.79 Å². The second kappa shape index (κ2) is 7.13. The summed E-state index contributed by atoms with van der Waals surface area (Å²) in [6.45, 7) is 5.53. The topological polar surface area (TPSA) is 59.6 Å². The van der Waals surface area contributed by atoms with Gasteiger partial charge in [0.15, 0.2) is 0 Å². The Morgan fingerprint density at radius 1 is 1.32 bits per heavy atom. The number of amides is 1. The predicted molar refractivity (Wildman–Crippen MR) is 92.2 cm³/mol. The van der Waals surface area contributed by atoms with E-state index < -0.39 is 11.7 Å². The molecule has 6 heteroatoms. The maximum Gasteiger partial charge on any atom is 0.412 e. The molecule has 0 spiro atoms. The Bertz CT molecular complexity index is 523. The van der Waals surface area contributed by atoms with Crippen LogP contribution in [0.5, 0.6) is 5.75 Å². The number of methoxy groups -OCH3 is 1. The summed E-state index contributed by atoms with van der Waals surface area (Å²) in [5.41, 5.74) is 1.04. The average molecular weight is 324 g/mol. The maximum atomic E-state index is 12.0. The molecule has 0 saturated carbocycles. The van der Waals surface area contributed by atoms with E-state index in [1.54, 1.807) is 7.11 Å². The van der Waals surface area contributed by atoms with Gasteiger partial charge in [-0.1, -0.05) is 0 Å². The first kappa shape index (κ1) is 16.8. The third-order valence-electron chi connectivity index (χ3n) is 3.15. The van der Waals surface area contributed by atoms with E-state index in [-0.39, 0.29) is 0 Å². The van der Waals surface area contributed by atoms with E-state index in [9.17, 15) is 4.79 Å². The molecule has 122 valence electrons. The first-order valence-electron chi connectivity index (χ1n) is 7.40. The fourth-order valence-electron chi connectivity index (χ4n) is 2.16. The first-order valence-corrected chi connectivity index (χ1v) is 8.55. The minimum atomic E-state index is -0.522. The number of hydrogen-bond acceptors (Lipinski definition) is 5. The van der Waals surface area contributed by atoms with Gasteiger partial charge in [-0.15, -0.1) is 0 Å². The Kier molecular flexibility index (Phi) is 5.45. The third kappa shape index (κ3) is 5.02. The lowest BCUT2D eigenvalue weighted by Crippen LogP contribution is -2.28. The lowest BCUT2D eigenvalue weighted by molar-refractivity contribution is 0.0636. The standard InChI is InChI=1S/C16H24N2O3S/c1-16(2,3)21-15(19)18-13-6-5-12(20-4)9-14(13)17-11-7-8-22-10-11/h5-6,9,11,17H,7-8,10H2,1-4H3,(H,18,19). The first-order chi connectivity index (χ1) is 10.4. The van der Waals surface area contributed by atoms with E-state index >= 15 is 0 Å². The zero-order chi connectivity index (χ0) is 16.2. The van der Waals surface area contributed by atoms with Crippen molar-refractivity contribution in [2.24, 2.45) is 0 Å². The Hall–Kier alpha value is -1.56. The summed E-state index contributed by atoms with van der Waals surface area (Å²) in [5.74, 6) is 2.99. The van der Waals surface area contributed by atoms with Gasteiger partial charge in [-0.05, 0) is 45.1 Å². The molecule has 1 aromatic carbocycles. The fraction of sp³-hybridized carbons (Fsp3) is 0.562. The van der Waals surface area contributed by atoms with Crippen LogP contribution in [0.3, 0.4) is 0 Å². The highest BCUT2D eigenvalue weighted by Crippen LogP contribution is 2.30. The lowest BCUT2D eigenvalue weighted by Gasteiger charge is -2.22. The Balaban J connectivity index is 2.12. The second-order valence-corrected chi connectivity index (χ2v) is 7.39. The Morgan fingerprint density at radius 3 is 2.68 bits per heavy atom. The zero-order valence-electron chi connectivity index (χ0n) is 13.6. The second-order valence-electron chi connectivity index (χ2n) is 6.24. The summed E-state index contributed by atoms with van der Waals surface area (Å²) in [6, 6.07) is 5.96. The monoisotopic (exact) mass is 324 g/mol. The predicted octanol–water partition coefficient (Wildman–Crippen LogP) is 3.96. The van der Waals surface area contributed by atoms with Crippen molar-refractivity contribution in [1.29, 1.82) is 0 Å². The Morgan fingerprint density at radius 2 is 2.09 bits per heavy atom. The molecule has 0 aromatic heterocycles. The summed E-state index contributed by atoms with van der Waals surface area (Å²) in [5, 5.41) is 6.29. The van der Waals surface area contributed by atoms with Gasteiger partial charge in [0.1, 0.15) is 11.4 Å². The molecule has 1 aromatic rings. The zero-order valence-corrected chi connectivity index (χ0v) is 14.4. The molecule has 1 fully saturated rings. The van der Waals surface area contributed by atoms with Crippen LogP contribution in [0.15, 0.2) is 18.2 Å². The highest BCUT2D eigenvalue weighted by molar-refractivity contribution is 7.99. The molecule has 1 aliphatic heterocycles. The van der Waals surface area contributed by atoms with Crippen LogP contribution in [0.2, 0.25) is 0 Å². The van der Waals surface area contributed by atoms with E-state index in [1.807, 2.05) is 50.7 Å². The summed E-state index contributed by atoms with van der Waals surface area (Å²) in [6.07, 6.45) is 0.662. The van der Waals surface area contributed by atoms with Crippen molar-refractivity contribution >= 4 is 29.2 Å². The van der Waals surface area contributed by atoms with Crippen LogP contribution in [0.4, 0.5) is 16.2 Å². The SMILES string of the molecule is COc1ccc(NC(=O)OC(C)(C)C)c(NC2CCSC2)c1. The van der Waals surface area contributed by atoms with Crippen molar-refractivity contribution in [3.05, 3.63) is 18.2 Å². The molecule has 1 saturated heterocycles. The van der Waals surface area contributed by atoms with Gasteiger partial charge in [0, 0.05) is 17.9 Å². The summed E-state index contributed by atoms with van der Waals surface area (Å²) in [7, 11) is 1.63. The normalized spacial score (nSPS) is 17.9. The minimum Gasteiger partial charge on any atom is -0.497 e. The van der Waals surface area contributed by atoms with Crippen molar-refractivity contribution < 1.29 is 14.3 Å². The van der Waals surface area contributed by atoms with E-state index in [1.165, 1.54) is 0 Å². The molecule has 0 radical (unpaired) electrons. The quantitative estimate of drug-likeness (QED) is 0.878. The van der Waals surface area contributed by atoms with Crippen LogP contribution in [0.25, 0.3) is 0 Å². The van der Waals surface area contributed by atoms with Crippen LogP contribution in [-0.2, 0) is 4.74 Å². The number of carbonyl (C=O) groups excluding carboxylic acids is 1. The molecule has 0 aliphatic carbocycles. The highest BCUT2D eigenvalue weighted by atomic mass is 32.2. The van der Waals surface area contributed by atoms with Gasteiger partial charge in [-0.2, -0.15) is 11.8 Å². The number of anilines is 2. The molecule has 1 amide bonds. The highest BCUT2D eigenvalue weighted by Gasteiger charge is 2.20. The van der Waals surface area contributed by atoms with Gasteiger partial charge in [0.25, 0.3) is 0 Å². The number of thioether (sulfide) groups is 1. The molecule has 0 bridgehead atoms. The van der Waals surface area contributed by atoms with E-state index in [0.717, 1.165) is 29.4 Å². The largest absolute Gasteiger partial charge is 0.497 e. The number of carbonyl (C=O) groups is 1. The van der Waals surface area contributed by atoms with Crippen LogP contribution in [-0.4, -0.2) is 36.4 Å². The van der Waals surface area contributed by atoms with Crippen LogP contribution >= 0.6 is 11.8 Å². The van der Waals surface area contributed by atoms with Crippen LogP contribution < -0.4 is 15.4 Å². The molecule has 2 N–H and O–H groups in total. The van der Waals surface area contributed by atoms with E-state index in [0.29, 0.717) is 11.7 Å². The number of ether oxygens (including phenoxy) is 2. The number of hydrogen-bond donors (Lipinski definition) is 2. The summed E-state index contributed by atoms with van der Waals surface area (Å²) < 4.78 is 10.6. The summed E-state index contributed by atoms with van der Waals surface area (Å²) >= 11 is 1.93. The molecule has 1 atom stereocenters. The van der Waals surface area contributed by atoms with Gasteiger partial charge < -0.3 is 14.8 Å². The molecule has 1 unspecified atom stereocenters.